The number of ether oxygens (including phenoxy) is 3. The molecular weight excluding hydrogens is 422 g/mol. The summed E-state index contributed by atoms with van der Waals surface area (Å²) >= 11 is 0. The van der Waals surface area contributed by atoms with E-state index in [9.17, 15) is 14.9 Å². The molecule has 1 aromatic carbocycles. The van der Waals surface area contributed by atoms with Crippen molar-refractivity contribution in [3.63, 3.8) is 0 Å². The fourth-order valence-electron chi connectivity index (χ4n) is 4.14. The highest BCUT2D eigenvalue weighted by Crippen LogP contribution is 2.37. The van der Waals surface area contributed by atoms with Gasteiger partial charge in [-0.05, 0) is 63.4 Å². The first-order valence-corrected chi connectivity index (χ1v) is 11.4. The van der Waals surface area contributed by atoms with Gasteiger partial charge in [0.25, 0.3) is 5.91 Å². The maximum Gasteiger partial charge on any atom is 0.309 e. The van der Waals surface area contributed by atoms with Crippen LogP contribution in [-0.4, -0.2) is 36.3 Å². The van der Waals surface area contributed by atoms with E-state index in [2.05, 4.69) is 16.0 Å². The van der Waals surface area contributed by atoms with Crippen molar-refractivity contribution < 1.29 is 23.8 Å². The van der Waals surface area contributed by atoms with Crippen LogP contribution in [0.25, 0.3) is 0 Å². The number of hydrogen-bond donors (Lipinski definition) is 1. The zero-order valence-electron chi connectivity index (χ0n) is 19.5. The molecule has 0 aliphatic heterocycles. The summed E-state index contributed by atoms with van der Waals surface area (Å²) in [6, 6.07) is 9.59. The number of carbonyl (C=O) groups is 2. The Bertz CT molecular complexity index is 1010. The van der Waals surface area contributed by atoms with Crippen LogP contribution in [0.3, 0.4) is 0 Å². The minimum atomic E-state index is -0.532. The van der Waals surface area contributed by atoms with Gasteiger partial charge in [0.1, 0.15) is 23.4 Å². The Balaban J connectivity index is 1.49. The summed E-state index contributed by atoms with van der Waals surface area (Å²) in [5.74, 6) is 0.865. The molecule has 8 nitrogen and oxygen atoms in total. The molecule has 0 bridgehead atoms. The van der Waals surface area contributed by atoms with Gasteiger partial charge in [-0.1, -0.05) is 12.8 Å². The molecule has 33 heavy (non-hydrogen) atoms. The molecule has 1 amide bonds. The van der Waals surface area contributed by atoms with Crippen LogP contribution in [0.1, 0.15) is 61.9 Å². The lowest BCUT2D eigenvalue weighted by atomic mass is 10.2. The number of aromatic nitrogens is 1. The molecular formula is C25H31N3O5. The smallest absolute Gasteiger partial charge is 0.309 e. The Morgan fingerprint density at radius 3 is 2.36 bits per heavy atom. The summed E-state index contributed by atoms with van der Waals surface area (Å²) in [5, 5.41) is 12.4. The molecule has 0 unspecified atom stereocenters. The van der Waals surface area contributed by atoms with Gasteiger partial charge in [0.2, 0.25) is 0 Å². The predicted octanol–water partition coefficient (Wildman–Crippen LogP) is 4.44. The second-order valence-electron chi connectivity index (χ2n) is 8.07. The highest BCUT2D eigenvalue weighted by atomic mass is 16.5. The maximum atomic E-state index is 12.5. The fourth-order valence-corrected chi connectivity index (χ4v) is 4.14. The number of esters is 1. The van der Waals surface area contributed by atoms with Crippen molar-refractivity contribution in [1.29, 1.82) is 5.26 Å². The van der Waals surface area contributed by atoms with E-state index in [1.165, 1.54) is 0 Å². The lowest BCUT2D eigenvalue weighted by Crippen LogP contribution is -2.24. The van der Waals surface area contributed by atoms with Gasteiger partial charge >= 0.3 is 5.97 Å². The summed E-state index contributed by atoms with van der Waals surface area (Å²) < 4.78 is 18.1. The first kappa shape index (κ1) is 24.2. The molecule has 1 aliphatic carbocycles. The van der Waals surface area contributed by atoms with Crippen molar-refractivity contribution in [1.82, 2.24) is 4.57 Å². The van der Waals surface area contributed by atoms with Crippen LogP contribution < -0.4 is 14.8 Å². The van der Waals surface area contributed by atoms with Crippen molar-refractivity contribution in [2.75, 3.05) is 25.1 Å². The number of anilines is 1. The van der Waals surface area contributed by atoms with E-state index in [1.807, 2.05) is 20.8 Å². The van der Waals surface area contributed by atoms with Crippen LogP contribution in [0.2, 0.25) is 0 Å². The molecule has 0 saturated heterocycles. The number of nitrogens with one attached hydrogen (secondary N) is 1. The highest BCUT2D eigenvalue weighted by Gasteiger charge is 2.26. The molecule has 0 spiro atoms. The Morgan fingerprint density at radius 1 is 1.12 bits per heavy atom. The van der Waals surface area contributed by atoms with E-state index in [0.717, 1.165) is 42.7 Å². The first-order chi connectivity index (χ1) is 15.9. The SMILES string of the molecule is CCOc1ccc(OCCC(=O)OCC(=O)Nc2c(C#N)c(C)c(C)n2C2CCCC2)cc1. The van der Waals surface area contributed by atoms with Crippen LogP contribution in [0.5, 0.6) is 11.5 Å². The Kier molecular flexibility index (Phi) is 8.36. The zero-order valence-corrected chi connectivity index (χ0v) is 19.5. The molecule has 3 rings (SSSR count). The minimum absolute atomic E-state index is 0.0145. The van der Waals surface area contributed by atoms with Crippen molar-refractivity contribution in [2.45, 2.75) is 58.9 Å². The van der Waals surface area contributed by atoms with Gasteiger partial charge in [-0.3, -0.25) is 9.59 Å². The summed E-state index contributed by atoms with van der Waals surface area (Å²) in [4.78, 5) is 24.5. The molecule has 0 atom stereocenters. The van der Waals surface area contributed by atoms with Gasteiger partial charge in [-0.25, -0.2) is 0 Å². The van der Waals surface area contributed by atoms with Crippen LogP contribution in [-0.2, 0) is 14.3 Å². The quantitative estimate of drug-likeness (QED) is 0.534. The van der Waals surface area contributed by atoms with Crippen molar-refractivity contribution >= 4 is 17.7 Å². The van der Waals surface area contributed by atoms with Gasteiger partial charge in [0.05, 0.1) is 25.2 Å². The Labute approximate surface area is 194 Å². The lowest BCUT2D eigenvalue weighted by molar-refractivity contribution is -0.147. The second-order valence-corrected chi connectivity index (χ2v) is 8.07. The standard InChI is InChI=1S/C25H31N3O5/c1-4-31-20-9-11-21(12-10-20)32-14-13-24(30)33-16-23(29)27-25-22(15-26)17(2)18(3)28(25)19-7-5-6-8-19/h9-12,19H,4-8,13-14,16H2,1-3H3,(H,27,29). The number of rotatable bonds is 10. The molecule has 1 saturated carbocycles. The maximum absolute atomic E-state index is 12.5. The number of hydrogen-bond acceptors (Lipinski definition) is 6. The van der Waals surface area contributed by atoms with Crippen molar-refractivity contribution in [3.05, 3.63) is 41.1 Å². The first-order valence-electron chi connectivity index (χ1n) is 11.4. The topological polar surface area (TPSA) is 103 Å². The van der Waals surface area contributed by atoms with Gasteiger partial charge in [0.15, 0.2) is 6.61 Å². The number of amides is 1. The van der Waals surface area contributed by atoms with Crippen molar-refractivity contribution in [2.24, 2.45) is 0 Å². The average Bonchev–Trinajstić information content (AvgIpc) is 3.40. The molecule has 176 valence electrons. The van der Waals surface area contributed by atoms with E-state index < -0.39 is 18.5 Å². The average molecular weight is 454 g/mol. The van der Waals surface area contributed by atoms with Crippen molar-refractivity contribution in [3.8, 4) is 17.6 Å². The highest BCUT2D eigenvalue weighted by molar-refractivity contribution is 5.93. The number of benzene rings is 1. The van der Waals surface area contributed by atoms with E-state index >= 15 is 0 Å². The number of carbonyl (C=O) groups excluding carboxylic acids is 2. The molecule has 1 aromatic heterocycles. The van der Waals surface area contributed by atoms with E-state index in [1.54, 1.807) is 24.3 Å². The van der Waals surface area contributed by atoms with E-state index in [0.29, 0.717) is 23.7 Å². The molecule has 8 heteroatoms. The number of nitriles is 1. The van der Waals surface area contributed by atoms with Gasteiger partial charge < -0.3 is 24.1 Å². The zero-order chi connectivity index (χ0) is 23.8. The summed E-state index contributed by atoms with van der Waals surface area (Å²) in [6.07, 6.45) is 4.32. The normalized spacial score (nSPS) is 13.4. The third kappa shape index (κ3) is 6.07. The fraction of sp³-hybridized carbons (Fsp3) is 0.480. The monoisotopic (exact) mass is 453 g/mol. The molecule has 2 aromatic rings. The van der Waals surface area contributed by atoms with Crippen LogP contribution in [0, 0.1) is 25.2 Å². The summed E-state index contributed by atoms with van der Waals surface area (Å²) in [6.45, 7) is 6.07. The Hall–Kier alpha value is -3.47. The van der Waals surface area contributed by atoms with E-state index in [4.69, 9.17) is 14.2 Å². The molecule has 1 N–H and O–H groups in total. The molecule has 1 heterocycles. The van der Waals surface area contributed by atoms with E-state index in [-0.39, 0.29) is 19.1 Å². The van der Waals surface area contributed by atoms with Gasteiger partial charge in [0, 0.05) is 11.7 Å². The van der Waals surface area contributed by atoms with Gasteiger partial charge in [-0.15, -0.1) is 0 Å². The number of nitrogens with zero attached hydrogens (tertiary/aromatic N) is 2. The van der Waals surface area contributed by atoms with Crippen LogP contribution in [0.15, 0.2) is 24.3 Å². The molecule has 1 fully saturated rings. The molecule has 0 radical (unpaired) electrons. The second kappa shape index (κ2) is 11.4. The van der Waals surface area contributed by atoms with Crippen LogP contribution >= 0.6 is 0 Å². The third-order valence-corrected chi connectivity index (χ3v) is 5.89. The lowest BCUT2D eigenvalue weighted by Gasteiger charge is -2.19. The molecule has 1 aliphatic rings. The predicted molar refractivity (Wildman–Crippen MR) is 123 cm³/mol. The summed E-state index contributed by atoms with van der Waals surface area (Å²) in [7, 11) is 0. The third-order valence-electron chi connectivity index (χ3n) is 5.89. The van der Waals surface area contributed by atoms with Gasteiger partial charge in [-0.2, -0.15) is 5.26 Å². The minimum Gasteiger partial charge on any atom is -0.494 e. The summed E-state index contributed by atoms with van der Waals surface area (Å²) in [5.41, 5.74) is 2.31. The largest absolute Gasteiger partial charge is 0.494 e. The Morgan fingerprint density at radius 2 is 1.76 bits per heavy atom. The van der Waals surface area contributed by atoms with Crippen LogP contribution in [0.4, 0.5) is 5.82 Å².